The van der Waals surface area contributed by atoms with Crippen LogP contribution in [0.25, 0.3) is 0 Å². The van der Waals surface area contributed by atoms with Gasteiger partial charge in [-0.25, -0.2) is 4.98 Å². The Kier molecular flexibility index (Phi) is 4.35. The zero-order valence-corrected chi connectivity index (χ0v) is 9.15. The molecular weight excluding hydrogens is 184 g/mol. The van der Waals surface area contributed by atoms with Crippen molar-refractivity contribution in [1.29, 1.82) is 0 Å². The average Bonchev–Trinajstić information content (AvgIpc) is 2.54. The third-order valence-corrected chi connectivity index (χ3v) is 2.75. The fourth-order valence-corrected chi connectivity index (χ4v) is 1.92. The van der Waals surface area contributed by atoms with Crippen molar-refractivity contribution < 1.29 is 4.74 Å². The second-order valence-corrected chi connectivity index (χ2v) is 3.69. The van der Waals surface area contributed by atoms with Gasteiger partial charge in [0.25, 0.3) is 0 Å². The van der Waals surface area contributed by atoms with E-state index in [1.54, 1.807) is 11.3 Å². The molecule has 0 fully saturated rings. The largest absolute Gasteiger partial charge is 0.372 e. The van der Waals surface area contributed by atoms with Gasteiger partial charge in [-0.05, 0) is 20.9 Å². The van der Waals surface area contributed by atoms with Crippen LogP contribution in [0.15, 0.2) is 5.38 Å². The summed E-state index contributed by atoms with van der Waals surface area (Å²) in [6.07, 6.45) is 0.126. The molecule has 3 nitrogen and oxygen atoms in total. The fraction of sp³-hybridized carbons (Fsp3) is 0.667. The molecule has 1 aromatic rings. The lowest BCUT2D eigenvalue weighted by Crippen LogP contribution is -2.06. The van der Waals surface area contributed by atoms with E-state index in [1.807, 2.05) is 20.9 Å². The third kappa shape index (κ3) is 3.06. The van der Waals surface area contributed by atoms with Gasteiger partial charge in [0.2, 0.25) is 0 Å². The summed E-state index contributed by atoms with van der Waals surface area (Å²) in [7, 11) is 1.92. The lowest BCUT2D eigenvalue weighted by molar-refractivity contribution is 0.0761. The maximum Gasteiger partial charge on any atom is 0.122 e. The van der Waals surface area contributed by atoms with Crippen LogP contribution in [-0.2, 0) is 11.3 Å². The molecule has 13 heavy (non-hydrogen) atoms. The van der Waals surface area contributed by atoms with Crippen LogP contribution in [-0.4, -0.2) is 18.6 Å². The number of aromatic nitrogens is 1. The topological polar surface area (TPSA) is 34.1 Å². The van der Waals surface area contributed by atoms with Gasteiger partial charge in [-0.2, -0.15) is 0 Å². The highest BCUT2D eigenvalue weighted by Crippen LogP contribution is 2.20. The Morgan fingerprint density at radius 1 is 1.69 bits per heavy atom. The first-order chi connectivity index (χ1) is 6.27. The van der Waals surface area contributed by atoms with Crippen molar-refractivity contribution in [3.05, 3.63) is 16.1 Å². The van der Waals surface area contributed by atoms with E-state index < -0.39 is 0 Å². The minimum absolute atomic E-state index is 0.126. The number of hydrogen-bond donors (Lipinski definition) is 1. The highest BCUT2D eigenvalue weighted by atomic mass is 32.1. The quantitative estimate of drug-likeness (QED) is 0.789. The lowest BCUT2D eigenvalue weighted by atomic mass is 10.4. The van der Waals surface area contributed by atoms with Crippen LogP contribution in [0, 0.1) is 0 Å². The zero-order valence-electron chi connectivity index (χ0n) is 8.33. The smallest absolute Gasteiger partial charge is 0.122 e. The summed E-state index contributed by atoms with van der Waals surface area (Å²) in [6, 6.07) is 0. The molecule has 4 heteroatoms. The average molecular weight is 200 g/mol. The van der Waals surface area contributed by atoms with Crippen LogP contribution in [0.3, 0.4) is 0 Å². The molecule has 1 N–H and O–H groups in total. The van der Waals surface area contributed by atoms with Crippen molar-refractivity contribution in [3.8, 4) is 0 Å². The molecule has 1 heterocycles. The van der Waals surface area contributed by atoms with Gasteiger partial charge in [0.1, 0.15) is 11.1 Å². The van der Waals surface area contributed by atoms with E-state index in [9.17, 15) is 0 Å². The second-order valence-electron chi connectivity index (χ2n) is 2.80. The van der Waals surface area contributed by atoms with E-state index in [-0.39, 0.29) is 6.10 Å². The molecule has 0 aliphatic heterocycles. The van der Waals surface area contributed by atoms with Crippen LogP contribution in [0.1, 0.15) is 30.7 Å². The van der Waals surface area contributed by atoms with Crippen molar-refractivity contribution >= 4 is 11.3 Å². The van der Waals surface area contributed by atoms with Gasteiger partial charge in [0, 0.05) is 18.5 Å². The lowest BCUT2D eigenvalue weighted by Gasteiger charge is -2.06. The third-order valence-electron chi connectivity index (χ3n) is 1.69. The number of nitrogens with one attached hydrogen (secondary N) is 1. The molecule has 0 aliphatic carbocycles. The molecule has 0 saturated carbocycles. The first-order valence-corrected chi connectivity index (χ1v) is 5.36. The number of thiazole rings is 1. The summed E-state index contributed by atoms with van der Waals surface area (Å²) in [5.41, 5.74) is 1.09. The van der Waals surface area contributed by atoms with Gasteiger partial charge in [0.05, 0.1) is 5.69 Å². The van der Waals surface area contributed by atoms with Gasteiger partial charge in [-0.15, -0.1) is 11.3 Å². The van der Waals surface area contributed by atoms with Crippen molar-refractivity contribution in [2.45, 2.75) is 26.5 Å². The standard InChI is InChI=1S/C9H16N2OS/c1-4-12-7(2)9-11-8(5-10-3)6-13-9/h6-7,10H,4-5H2,1-3H3/t7-/m1/s1. The first kappa shape index (κ1) is 10.6. The number of ether oxygens (including phenoxy) is 1. The van der Waals surface area contributed by atoms with Crippen molar-refractivity contribution in [1.82, 2.24) is 10.3 Å². The summed E-state index contributed by atoms with van der Waals surface area (Å²) in [5, 5.41) is 6.20. The number of nitrogens with zero attached hydrogens (tertiary/aromatic N) is 1. The molecule has 0 spiro atoms. The van der Waals surface area contributed by atoms with Crippen molar-refractivity contribution in [2.24, 2.45) is 0 Å². The maximum absolute atomic E-state index is 5.45. The van der Waals surface area contributed by atoms with E-state index in [2.05, 4.69) is 15.7 Å². The summed E-state index contributed by atoms with van der Waals surface area (Å²) in [5.74, 6) is 0. The minimum Gasteiger partial charge on any atom is -0.372 e. The molecule has 0 radical (unpaired) electrons. The van der Waals surface area contributed by atoms with Gasteiger partial charge >= 0.3 is 0 Å². The minimum atomic E-state index is 0.126. The predicted molar refractivity (Wildman–Crippen MR) is 54.9 cm³/mol. The van der Waals surface area contributed by atoms with E-state index in [0.717, 1.165) is 23.9 Å². The summed E-state index contributed by atoms with van der Waals surface area (Å²) >= 11 is 1.66. The Morgan fingerprint density at radius 2 is 2.46 bits per heavy atom. The highest BCUT2D eigenvalue weighted by Gasteiger charge is 2.09. The Bertz CT molecular complexity index is 250. The monoisotopic (exact) mass is 200 g/mol. The molecule has 1 aromatic heterocycles. The van der Waals surface area contributed by atoms with E-state index in [1.165, 1.54) is 0 Å². The summed E-state index contributed by atoms with van der Waals surface area (Å²) in [4.78, 5) is 4.45. The van der Waals surface area contributed by atoms with E-state index >= 15 is 0 Å². The molecule has 74 valence electrons. The Balaban J connectivity index is 2.56. The molecular formula is C9H16N2OS. The number of rotatable bonds is 5. The fourth-order valence-electron chi connectivity index (χ4n) is 1.09. The first-order valence-electron chi connectivity index (χ1n) is 4.48. The molecule has 0 unspecified atom stereocenters. The predicted octanol–water partition coefficient (Wildman–Crippen LogP) is 1.96. The SMILES string of the molecule is CCO[C@H](C)c1nc(CNC)cs1. The Labute approximate surface area is 83.1 Å². The Hall–Kier alpha value is -0.450. The molecule has 1 rings (SSSR count). The van der Waals surface area contributed by atoms with E-state index in [0.29, 0.717) is 0 Å². The maximum atomic E-state index is 5.45. The van der Waals surface area contributed by atoms with Crippen LogP contribution < -0.4 is 5.32 Å². The van der Waals surface area contributed by atoms with Gasteiger partial charge < -0.3 is 10.1 Å². The van der Waals surface area contributed by atoms with Gasteiger partial charge in [-0.1, -0.05) is 0 Å². The van der Waals surface area contributed by atoms with Crippen LogP contribution in [0.5, 0.6) is 0 Å². The molecule has 0 aliphatic rings. The van der Waals surface area contributed by atoms with Gasteiger partial charge in [0.15, 0.2) is 0 Å². The number of hydrogen-bond acceptors (Lipinski definition) is 4. The molecule has 1 atom stereocenters. The van der Waals surface area contributed by atoms with Crippen molar-refractivity contribution in [2.75, 3.05) is 13.7 Å². The zero-order chi connectivity index (χ0) is 9.68. The Morgan fingerprint density at radius 3 is 3.08 bits per heavy atom. The van der Waals surface area contributed by atoms with Crippen LogP contribution in [0.2, 0.25) is 0 Å². The summed E-state index contributed by atoms with van der Waals surface area (Å²) in [6.45, 7) is 5.60. The second kappa shape index (κ2) is 5.32. The molecule has 0 amide bonds. The highest BCUT2D eigenvalue weighted by molar-refractivity contribution is 7.09. The normalized spacial score (nSPS) is 13.2. The molecule has 0 bridgehead atoms. The molecule has 0 aromatic carbocycles. The van der Waals surface area contributed by atoms with Crippen molar-refractivity contribution in [3.63, 3.8) is 0 Å². The van der Waals surface area contributed by atoms with E-state index in [4.69, 9.17) is 4.74 Å². The van der Waals surface area contributed by atoms with Crippen LogP contribution in [0.4, 0.5) is 0 Å². The summed E-state index contributed by atoms with van der Waals surface area (Å²) < 4.78 is 5.45. The molecule has 0 saturated heterocycles. The van der Waals surface area contributed by atoms with Gasteiger partial charge in [-0.3, -0.25) is 0 Å². The van der Waals surface area contributed by atoms with Crippen LogP contribution >= 0.6 is 11.3 Å².